The summed E-state index contributed by atoms with van der Waals surface area (Å²) in [4.78, 5) is 14.2. The number of rotatable bonds is 6. The van der Waals surface area contributed by atoms with Crippen molar-refractivity contribution >= 4 is 6.09 Å². The van der Waals surface area contributed by atoms with Gasteiger partial charge >= 0.3 is 12.3 Å². The van der Waals surface area contributed by atoms with Crippen LogP contribution in [0.4, 0.5) is 18.0 Å². The lowest BCUT2D eigenvalue weighted by Crippen LogP contribution is -2.43. The van der Waals surface area contributed by atoms with Crippen LogP contribution in [0.25, 0.3) is 11.3 Å². The van der Waals surface area contributed by atoms with Crippen molar-refractivity contribution in [2.75, 3.05) is 27.0 Å². The van der Waals surface area contributed by atoms with Crippen LogP contribution in [0.3, 0.4) is 0 Å². The van der Waals surface area contributed by atoms with E-state index in [1.807, 2.05) is 26.8 Å². The largest absolute Gasteiger partial charge is 0.467 e. The van der Waals surface area contributed by atoms with Crippen molar-refractivity contribution in [2.45, 2.75) is 58.7 Å². The van der Waals surface area contributed by atoms with Gasteiger partial charge in [-0.2, -0.15) is 23.4 Å². The summed E-state index contributed by atoms with van der Waals surface area (Å²) in [7, 11) is 1.39. The van der Waals surface area contributed by atoms with Crippen molar-refractivity contribution in [3.05, 3.63) is 41.1 Å². The highest BCUT2D eigenvalue weighted by Gasteiger charge is 2.33. The van der Waals surface area contributed by atoms with E-state index in [0.717, 1.165) is 30.7 Å². The van der Waals surface area contributed by atoms with Crippen LogP contribution >= 0.6 is 0 Å². The molecule has 1 fully saturated rings. The first kappa shape index (κ1) is 26.7. The van der Waals surface area contributed by atoms with Gasteiger partial charge < -0.3 is 19.1 Å². The molecule has 2 aromatic rings. The van der Waals surface area contributed by atoms with E-state index >= 15 is 0 Å². The summed E-state index contributed by atoms with van der Waals surface area (Å²) < 4.78 is 55.7. The van der Waals surface area contributed by atoms with Gasteiger partial charge in [0.05, 0.1) is 17.0 Å². The highest BCUT2D eigenvalue weighted by Crippen LogP contribution is 2.39. The minimum Gasteiger partial charge on any atom is -0.467 e. The summed E-state index contributed by atoms with van der Waals surface area (Å²) in [5.41, 5.74) is 0.601. The van der Waals surface area contributed by atoms with Gasteiger partial charge in [0.25, 0.3) is 0 Å². The van der Waals surface area contributed by atoms with E-state index in [1.165, 1.54) is 7.11 Å². The third-order valence-corrected chi connectivity index (χ3v) is 5.60. The van der Waals surface area contributed by atoms with E-state index in [9.17, 15) is 18.0 Å². The molecular weight excluding hydrogens is 463 g/mol. The molecule has 3 rings (SSSR count). The lowest BCUT2D eigenvalue weighted by Gasteiger charge is -2.34. The Bertz CT molecular complexity index is 1020. The number of likely N-dealkylation sites (tertiary alicyclic amines) is 1. The van der Waals surface area contributed by atoms with E-state index < -0.39 is 17.3 Å². The molecule has 0 spiro atoms. The summed E-state index contributed by atoms with van der Waals surface area (Å²) in [5, 5.41) is 8.60. The summed E-state index contributed by atoms with van der Waals surface area (Å²) in [6.07, 6.45) is -2.36. The Morgan fingerprint density at radius 2 is 1.91 bits per heavy atom. The van der Waals surface area contributed by atoms with Gasteiger partial charge in [-0.05, 0) is 82.7 Å². The number of piperidine rings is 1. The van der Waals surface area contributed by atoms with Gasteiger partial charge in [-0.3, -0.25) is 0 Å². The van der Waals surface area contributed by atoms with E-state index in [1.54, 1.807) is 17.9 Å². The second-order valence-electron chi connectivity index (χ2n) is 9.76. The fraction of sp³-hybridized carbons (Fsp3) is 0.560. The predicted molar refractivity (Wildman–Crippen MR) is 124 cm³/mol. The van der Waals surface area contributed by atoms with Crippen molar-refractivity contribution in [2.24, 2.45) is 5.92 Å². The van der Waals surface area contributed by atoms with Crippen LogP contribution in [0, 0.1) is 12.8 Å². The molecule has 7 nitrogen and oxygen atoms in total. The quantitative estimate of drug-likeness (QED) is 0.483. The normalized spacial score (nSPS) is 16.8. The van der Waals surface area contributed by atoms with Crippen LogP contribution in [0.15, 0.2) is 24.3 Å². The molecule has 0 N–H and O–H groups in total. The summed E-state index contributed by atoms with van der Waals surface area (Å²) in [6.45, 7) is 8.13. The number of nitrogens with zero attached hydrogens (tertiary/aromatic N) is 3. The van der Waals surface area contributed by atoms with Gasteiger partial charge in [-0.1, -0.05) is 0 Å². The van der Waals surface area contributed by atoms with Gasteiger partial charge in [0.15, 0.2) is 6.79 Å². The minimum absolute atomic E-state index is 0.0292. The SMILES string of the molecule is COCOc1cc(C(F)(F)F)cc(C)c1-c1ccc(CC2CCCN(C(=O)OC(C)(C)C)C2)nn1. The van der Waals surface area contributed by atoms with Gasteiger partial charge in [0, 0.05) is 25.8 Å². The maximum absolute atomic E-state index is 13.3. The highest BCUT2D eigenvalue weighted by molar-refractivity contribution is 5.71. The molecule has 1 unspecified atom stereocenters. The fourth-order valence-electron chi connectivity index (χ4n) is 4.10. The number of aryl methyl sites for hydroxylation is 1. The number of hydrogen-bond acceptors (Lipinski definition) is 6. The number of ether oxygens (including phenoxy) is 3. The Hall–Kier alpha value is -2.88. The molecule has 0 saturated carbocycles. The number of benzene rings is 1. The zero-order valence-electron chi connectivity index (χ0n) is 20.7. The van der Waals surface area contributed by atoms with E-state index in [0.29, 0.717) is 36.3 Å². The molecular formula is C25H32F3N3O4. The molecule has 1 aliphatic rings. The third kappa shape index (κ3) is 7.30. The number of amides is 1. The third-order valence-electron chi connectivity index (χ3n) is 5.60. The zero-order valence-corrected chi connectivity index (χ0v) is 20.7. The van der Waals surface area contributed by atoms with Gasteiger partial charge in [0.2, 0.25) is 0 Å². The molecule has 0 radical (unpaired) electrons. The van der Waals surface area contributed by atoms with Gasteiger partial charge in [0.1, 0.15) is 11.4 Å². The molecule has 0 aliphatic carbocycles. The monoisotopic (exact) mass is 495 g/mol. The molecule has 1 atom stereocenters. The number of methoxy groups -OCH3 is 1. The van der Waals surface area contributed by atoms with Crippen LogP contribution in [0.2, 0.25) is 0 Å². The van der Waals surface area contributed by atoms with Crippen molar-refractivity contribution in [3.8, 4) is 17.0 Å². The summed E-state index contributed by atoms with van der Waals surface area (Å²) >= 11 is 0. The number of aromatic nitrogens is 2. The number of carbonyl (C=O) groups is 1. The zero-order chi connectivity index (χ0) is 25.8. The number of halogens is 3. The number of hydrogen-bond donors (Lipinski definition) is 0. The Morgan fingerprint density at radius 3 is 2.51 bits per heavy atom. The van der Waals surface area contributed by atoms with Crippen molar-refractivity contribution in [1.82, 2.24) is 15.1 Å². The summed E-state index contributed by atoms with van der Waals surface area (Å²) in [6, 6.07) is 5.56. The Balaban J connectivity index is 1.76. The smallest absolute Gasteiger partial charge is 0.416 e. The second-order valence-corrected chi connectivity index (χ2v) is 9.76. The maximum Gasteiger partial charge on any atom is 0.416 e. The van der Waals surface area contributed by atoms with Crippen molar-refractivity contribution in [1.29, 1.82) is 0 Å². The lowest BCUT2D eigenvalue weighted by atomic mass is 9.93. The molecule has 192 valence electrons. The van der Waals surface area contributed by atoms with E-state index in [2.05, 4.69) is 10.2 Å². The molecule has 1 aromatic heterocycles. The van der Waals surface area contributed by atoms with Crippen molar-refractivity contribution < 1.29 is 32.2 Å². The topological polar surface area (TPSA) is 73.8 Å². The average molecular weight is 496 g/mol. The van der Waals surface area contributed by atoms with Crippen LogP contribution in [0.5, 0.6) is 5.75 Å². The Morgan fingerprint density at radius 1 is 1.17 bits per heavy atom. The predicted octanol–water partition coefficient (Wildman–Crippen LogP) is 5.64. The first-order chi connectivity index (χ1) is 16.4. The van der Waals surface area contributed by atoms with Gasteiger partial charge in [-0.15, -0.1) is 0 Å². The fourth-order valence-corrected chi connectivity index (χ4v) is 4.10. The standard InChI is InChI=1S/C25H32F3N3O4/c1-16-11-18(25(26,27)28)13-21(34-15-33-5)22(16)20-9-8-19(29-30-20)12-17-7-6-10-31(14-17)23(32)35-24(2,3)4/h8-9,11,13,17H,6-7,10,12,14-15H2,1-5H3. The van der Waals surface area contributed by atoms with E-state index in [-0.39, 0.29) is 24.6 Å². The molecule has 10 heteroatoms. The molecule has 1 saturated heterocycles. The van der Waals surface area contributed by atoms with Crippen LogP contribution in [-0.4, -0.2) is 53.8 Å². The second kappa shape index (κ2) is 10.8. The van der Waals surface area contributed by atoms with Gasteiger partial charge in [-0.25, -0.2) is 4.79 Å². The minimum atomic E-state index is -4.50. The van der Waals surface area contributed by atoms with Crippen LogP contribution < -0.4 is 4.74 Å². The summed E-state index contributed by atoms with van der Waals surface area (Å²) in [5.74, 6) is 0.242. The first-order valence-corrected chi connectivity index (χ1v) is 11.5. The molecule has 1 aromatic carbocycles. The molecule has 35 heavy (non-hydrogen) atoms. The maximum atomic E-state index is 13.3. The van der Waals surface area contributed by atoms with Crippen LogP contribution in [0.1, 0.15) is 50.4 Å². The molecule has 1 aliphatic heterocycles. The van der Waals surface area contributed by atoms with Crippen LogP contribution in [-0.2, 0) is 22.1 Å². The van der Waals surface area contributed by atoms with E-state index in [4.69, 9.17) is 14.2 Å². The molecule has 0 bridgehead atoms. The Labute approximate surface area is 203 Å². The number of alkyl halides is 3. The highest BCUT2D eigenvalue weighted by atomic mass is 19.4. The molecule has 2 heterocycles. The first-order valence-electron chi connectivity index (χ1n) is 11.5. The number of carbonyl (C=O) groups excluding carboxylic acids is 1. The Kier molecular flexibility index (Phi) is 8.25. The van der Waals surface area contributed by atoms with Crippen molar-refractivity contribution in [3.63, 3.8) is 0 Å². The lowest BCUT2D eigenvalue weighted by molar-refractivity contribution is -0.137. The molecule has 1 amide bonds. The average Bonchev–Trinajstić information content (AvgIpc) is 2.76.